The molecule has 3 rings (SSSR count). The highest BCUT2D eigenvalue weighted by molar-refractivity contribution is 9.10. The molecule has 0 bridgehead atoms. The zero-order chi connectivity index (χ0) is 16.6. The van der Waals surface area contributed by atoms with E-state index in [0.717, 1.165) is 4.47 Å². The Balaban J connectivity index is 2.00. The van der Waals surface area contributed by atoms with Gasteiger partial charge in [0.1, 0.15) is 11.9 Å². The summed E-state index contributed by atoms with van der Waals surface area (Å²) in [5.41, 5.74) is 1.81. The molecule has 6 heteroatoms. The van der Waals surface area contributed by atoms with E-state index in [2.05, 4.69) is 21.2 Å². The average molecular weight is 377 g/mol. The number of fused-ring (bicyclic) bond motifs is 1. The van der Waals surface area contributed by atoms with Crippen LogP contribution in [0, 0.1) is 5.82 Å². The van der Waals surface area contributed by atoms with Crippen molar-refractivity contribution in [3.05, 3.63) is 63.9 Å². The van der Waals surface area contributed by atoms with Gasteiger partial charge in [0.25, 0.3) is 5.91 Å². The number of nitrogens with zero attached hydrogens (tertiary/aromatic N) is 1. The third-order valence-electron chi connectivity index (χ3n) is 3.74. The van der Waals surface area contributed by atoms with Crippen LogP contribution in [0.5, 0.6) is 0 Å². The van der Waals surface area contributed by atoms with Gasteiger partial charge in [0.05, 0.1) is 6.54 Å². The summed E-state index contributed by atoms with van der Waals surface area (Å²) in [5.74, 6) is -0.916. The second kappa shape index (κ2) is 6.12. The van der Waals surface area contributed by atoms with Gasteiger partial charge in [-0.1, -0.05) is 34.1 Å². The molecule has 0 radical (unpaired) electrons. The molecule has 0 aromatic heterocycles. The molecule has 0 spiro atoms. The van der Waals surface area contributed by atoms with Gasteiger partial charge in [-0.25, -0.2) is 4.39 Å². The van der Waals surface area contributed by atoms with Gasteiger partial charge in [-0.15, -0.1) is 0 Å². The smallest absolute Gasteiger partial charge is 0.254 e. The minimum atomic E-state index is -0.744. The largest absolute Gasteiger partial charge is 0.341 e. The molecule has 1 aliphatic heterocycles. The number of amides is 2. The van der Waals surface area contributed by atoms with Crippen LogP contribution in [0.1, 0.15) is 24.1 Å². The summed E-state index contributed by atoms with van der Waals surface area (Å²) in [4.78, 5) is 25.6. The first kappa shape index (κ1) is 15.7. The molecule has 1 aliphatic rings. The molecule has 0 saturated carbocycles. The first-order valence-corrected chi connectivity index (χ1v) is 7.88. The molecule has 118 valence electrons. The van der Waals surface area contributed by atoms with Gasteiger partial charge < -0.3 is 10.2 Å². The van der Waals surface area contributed by atoms with E-state index in [0.29, 0.717) is 16.8 Å². The monoisotopic (exact) mass is 376 g/mol. The topological polar surface area (TPSA) is 49.4 Å². The van der Waals surface area contributed by atoms with Crippen molar-refractivity contribution in [2.75, 3.05) is 4.90 Å². The summed E-state index contributed by atoms with van der Waals surface area (Å²) in [6.45, 7) is 1.49. The van der Waals surface area contributed by atoms with Gasteiger partial charge in [0.15, 0.2) is 0 Å². The maximum absolute atomic E-state index is 13.9. The van der Waals surface area contributed by atoms with Crippen LogP contribution in [0.3, 0.4) is 0 Å². The zero-order valence-corrected chi connectivity index (χ0v) is 13.9. The summed E-state index contributed by atoms with van der Waals surface area (Å²) in [5, 5.41) is 2.66. The lowest BCUT2D eigenvalue weighted by Gasteiger charge is -2.18. The average Bonchev–Trinajstić information content (AvgIpc) is 2.74. The Morgan fingerprint density at radius 3 is 2.74 bits per heavy atom. The molecule has 1 unspecified atom stereocenters. The Morgan fingerprint density at radius 1 is 1.30 bits per heavy atom. The number of nitrogens with one attached hydrogen (secondary N) is 1. The number of halogens is 2. The van der Waals surface area contributed by atoms with Crippen LogP contribution in [-0.2, 0) is 16.1 Å². The van der Waals surface area contributed by atoms with Crippen LogP contribution in [0.2, 0.25) is 0 Å². The van der Waals surface area contributed by atoms with Gasteiger partial charge >= 0.3 is 0 Å². The van der Waals surface area contributed by atoms with Gasteiger partial charge in [-0.05, 0) is 24.3 Å². The summed E-state index contributed by atoms with van der Waals surface area (Å²) < 4.78 is 14.7. The highest BCUT2D eigenvalue weighted by Crippen LogP contribution is 2.38. The Bertz CT molecular complexity index is 794. The lowest BCUT2D eigenvalue weighted by molar-refractivity contribution is -0.126. The lowest BCUT2D eigenvalue weighted by Crippen LogP contribution is -2.36. The number of anilines is 1. The summed E-state index contributed by atoms with van der Waals surface area (Å²) in [7, 11) is 0. The quantitative estimate of drug-likeness (QED) is 0.893. The lowest BCUT2D eigenvalue weighted by atomic mass is 10.1. The summed E-state index contributed by atoms with van der Waals surface area (Å²) >= 11 is 3.37. The predicted octanol–water partition coefficient (Wildman–Crippen LogP) is 3.31. The third kappa shape index (κ3) is 2.99. The molecule has 0 saturated heterocycles. The van der Waals surface area contributed by atoms with Crippen molar-refractivity contribution >= 4 is 33.4 Å². The molecule has 4 nitrogen and oxygen atoms in total. The van der Waals surface area contributed by atoms with Crippen LogP contribution >= 0.6 is 15.9 Å². The second-order valence-corrected chi connectivity index (χ2v) is 6.27. The Kier molecular flexibility index (Phi) is 4.17. The third-order valence-corrected chi connectivity index (χ3v) is 4.23. The molecule has 2 amide bonds. The Hall–Kier alpha value is -2.21. The van der Waals surface area contributed by atoms with Crippen LogP contribution in [0.4, 0.5) is 10.1 Å². The minimum absolute atomic E-state index is 0.121. The first-order valence-electron chi connectivity index (χ1n) is 7.08. The number of rotatable bonds is 3. The normalized spacial score (nSPS) is 16.4. The summed E-state index contributed by atoms with van der Waals surface area (Å²) in [6, 6.07) is 11.0. The predicted molar refractivity (Wildman–Crippen MR) is 88.3 cm³/mol. The van der Waals surface area contributed by atoms with Crippen molar-refractivity contribution in [1.29, 1.82) is 0 Å². The van der Waals surface area contributed by atoms with Crippen molar-refractivity contribution in [3.8, 4) is 0 Å². The van der Waals surface area contributed by atoms with Gasteiger partial charge in [0, 0.05) is 28.2 Å². The number of hydrogen-bond donors (Lipinski definition) is 1. The molecular weight excluding hydrogens is 363 g/mol. The van der Waals surface area contributed by atoms with E-state index in [1.54, 1.807) is 30.3 Å². The van der Waals surface area contributed by atoms with E-state index in [9.17, 15) is 14.0 Å². The van der Waals surface area contributed by atoms with Crippen LogP contribution < -0.4 is 10.2 Å². The SMILES string of the molecule is CC(=O)NC1C(=O)N(Cc2ccccc2F)c2ccc(Br)cc21. The second-order valence-electron chi connectivity index (χ2n) is 5.35. The molecule has 1 atom stereocenters. The first-order chi connectivity index (χ1) is 11.0. The fraction of sp³-hybridized carbons (Fsp3) is 0.176. The summed E-state index contributed by atoms with van der Waals surface area (Å²) in [6.07, 6.45) is 0. The van der Waals surface area contributed by atoms with Crippen molar-refractivity contribution in [3.63, 3.8) is 0 Å². The van der Waals surface area contributed by atoms with E-state index in [1.165, 1.54) is 17.9 Å². The zero-order valence-electron chi connectivity index (χ0n) is 12.3. The van der Waals surface area contributed by atoms with Crippen LogP contribution in [0.25, 0.3) is 0 Å². The molecule has 0 aliphatic carbocycles. The fourth-order valence-corrected chi connectivity index (χ4v) is 3.09. The van der Waals surface area contributed by atoms with Gasteiger partial charge in [-0.2, -0.15) is 0 Å². The van der Waals surface area contributed by atoms with Crippen molar-refractivity contribution < 1.29 is 14.0 Å². The van der Waals surface area contributed by atoms with Crippen molar-refractivity contribution in [1.82, 2.24) is 5.32 Å². The van der Waals surface area contributed by atoms with E-state index in [-0.39, 0.29) is 24.2 Å². The van der Waals surface area contributed by atoms with Gasteiger partial charge in [0.2, 0.25) is 5.91 Å². The minimum Gasteiger partial charge on any atom is -0.341 e. The van der Waals surface area contributed by atoms with Crippen LogP contribution in [0.15, 0.2) is 46.9 Å². The number of benzene rings is 2. The maximum atomic E-state index is 13.9. The van der Waals surface area contributed by atoms with E-state index < -0.39 is 6.04 Å². The van der Waals surface area contributed by atoms with E-state index >= 15 is 0 Å². The van der Waals surface area contributed by atoms with Crippen LogP contribution in [-0.4, -0.2) is 11.8 Å². The Morgan fingerprint density at radius 2 is 2.04 bits per heavy atom. The van der Waals surface area contributed by atoms with Gasteiger partial charge in [-0.3, -0.25) is 9.59 Å². The molecule has 1 heterocycles. The number of hydrogen-bond acceptors (Lipinski definition) is 2. The standard InChI is InChI=1S/C17H14BrFN2O2/c1-10(22)20-16-13-8-12(18)6-7-15(13)21(17(16)23)9-11-4-2-3-5-14(11)19/h2-8,16H,9H2,1H3,(H,20,22). The number of carbonyl (C=O) groups excluding carboxylic acids is 2. The van der Waals surface area contributed by atoms with Crippen molar-refractivity contribution in [2.45, 2.75) is 19.5 Å². The molecule has 1 N–H and O–H groups in total. The molecule has 23 heavy (non-hydrogen) atoms. The molecule has 2 aromatic rings. The molecule has 2 aromatic carbocycles. The molecular formula is C17H14BrFN2O2. The fourth-order valence-electron chi connectivity index (χ4n) is 2.71. The maximum Gasteiger partial charge on any atom is 0.254 e. The van der Waals surface area contributed by atoms with E-state index in [4.69, 9.17) is 0 Å². The highest BCUT2D eigenvalue weighted by atomic mass is 79.9. The van der Waals surface area contributed by atoms with Crippen molar-refractivity contribution in [2.24, 2.45) is 0 Å². The highest BCUT2D eigenvalue weighted by Gasteiger charge is 2.38. The Labute approximate surface area is 141 Å². The number of carbonyl (C=O) groups is 2. The van der Waals surface area contributed by atoms with E-state index in [1.807, 2.05) is 6.07 Å². The molecule has 0 fully saturated rings.